The Hall–Kier alpha value is -1.21. The van der Waals surface area contributed by atoms with Gasteiger partial charge in [0.1, 0.15) is 0 Å². The number of halogens is 1. The molecule has 0 spiro atoms. The number of nitrogens with zero attached hydrogens (tertiary/aromatic N) is 1. The van der Waals surface area contributed by atoms with Crippen LogP contribution in [-0.4, -0.2) is 4.98 Å². The third-order valence-electron chi connectivity index (χ3n) is 5.11. The summed E-state index contributed by atoms with van der Waals surface area (Å²) in [5.41, 5.74) is 6.42. The predicted molar refractivity (Wildman–Crippen MR) is 117 cm³/mol. The van der Waals surface area contributed by atoms with Crippen molar-refractivity contribution in [1.29, 1.82) is 0 Å². The molecule has 0 saturated heterocycles. The van der Waals surface area contributed by atoms with Gasteiger partial charge in [-0.05, 0) is 61.8 Å². The first-order chi connectivity index (χ1) is 12.2. The fourth-order valence-corrected chi connectivity index (χ4v) is 4.05. The molecule has 0 bridgehead atoms. The van der Waals surface area contributed by atoms with Crippen molar-refractivity contribution in [3.8, 4) is 11.3 Å². The second-order valence-electron chi connectivity index (χ2n) is 7.00. The molecule has 1 aliphatic carbocycles. The van der Waals surface area contributed by atoms with Crippen LogP contribution in [0.1, 0.15) is 48.3 Å². The molecule has 1 aromatic heterocycles. The van der Waals surface area contributed by atoms with Crippen molar-refractivity contribution in [1.82, 2.24) is 4.98 Å². The number of benzene rings is 2. The Morgan fingerprint density at radius 2 is 1.52 bits per heavy atom. The minimum absolute atomic E-state index is 0. The zero-order chi connectivity index (χ0) is 17.8. The van der Waals surface area contributed by atoms with Crippen molar-refractivity contribution < 1.29 is 17.9 Å². The number of aromatic nitrogens is 1. The molecule has 1 saturated carbocycles. The summed E-state index contributed by atoms with van der Waals surface area (Å²) < 4.78 is 0. The van der Waals surface area contributed by atoms with Crippen molar-refractivity contribution in [2.24, 2.45) is 0 Å². The van der Waals surface area contributed by atoms with Gasteiger partial charge in [0.25, 0.3) is 0 Å². The molecule has 2 aromatic carbocycles. The van der Waals surface area contributed by atoms with Gasteiger partial charge in [-0.15, -0.1) is 0 Å². The van der Waals surface area contributed by atoms with Crippen LogP contribution in [0.25, 0.3) is 22.0 Å². The number of rotatable bonds is 2. The van der Waals surface area contributed by atoms with Gasteiger partial charge in [-0.3, -0.25) is 4.98 Å². The van der Waals surface area contributed by atoms with Gasteiger partial charge in [-0.2, -0.15) is 0 Å². The first-order valence-electron chi connectivity index (χ1n) is 8.81. The SMILES string of the molecule is Cc1cc(C)cc(-c2nccc3cc(C4CCCC4)ccc23)c1.[CH3-].[CH3-].[Cl][Ir+2]. The summed E-state index contributed by atoms with van der Waals surface area (Å²) in [5.74, 6) is 0.761. The average Bonchev–Trinajstić information content (AvgIpc) is 3.16. The second kappa shape index (κ2) is 11.0. The van der Waals surface area contributed by atoms with Crippen LogP contribution in [-0.2, 0) is 17.9 Å². The van der Waals surface area contributed by atoms with Crippen LogP contribution in [0.4, 0.5) is 0 Å². The topological polar surface area (TPSA) is 12.9 Å². The summed E-state index contributed by atoms with van der Waals surface area (Å²) in [5, 5.41) is 2.58. The van der Waals surface area contributed by atoms with Gasteiger partial charge in [0.05, 0.1) is 5.69 Å². The molecular formula is C24H29ClIrN. The minimum atomic E-state index is 0. The molecule has 1 fully saturated rings. The van der Waals surface area contributed by atoms with E-state index in [1.165, 1.54) is 76.6 Å². The van der Waals surface area contributed by atoms with Gasteiger partial charge >= 0.3 is 27.5 Å². The number of fused-ring (bicyclic) bond motifs is 1. The average molecular weight is 559 g/mol. The van der Waals surface area contributed by atoms with Crippen molar-refractivity contribution in [3.63, 3.8) is 0 Å². The third-order valence-corrected chi connectivity index (χ3v) is 5.11. The number of hydrogen-bond donors (Lipinski definition) is 0. The predicted octanol–water partition coefficient (Wildman–Crippen LogP) is 7.76. The summed E-state index contributed by atoms with van der Waals surface area (Å²) in [6, 6.07) is 15.8. The van der Waals surface area contributed by atoms with Gasteiger partial charge in [0.15, 0.2) is 0 Å². The van der Waals surface area contributed by atoms with Crippen molar-refractivity contribution in [2.45, 2.75) is 45.4 Å². The quantitative estimate of drug-likeness (QED) is 0.293. The van der Waals surface area contributed by atoms with E-state index >= 15 is 0 Å². The summed E-state index contributed by atoms with van der Waals surface area (Å²) in [6.45, 7) is 4.31. The first kappa shape index (κ1) is 23.8. The van der Waals surface area contributed by atoms with E-state index < -0.39 is 0 Å². The van der Waals surface area contributed by atoms with Crippen molar-refractivity contribution in [2.75, 3.05) is 0 Å². The molecule has 146 valence electrons. The molecule has 0 N–H and O–H groups in total. The van der Waals surface area contributed by atoms with E-state index in [0.717, 1.165) is 11.6 Å². The number of hydrogen-bond acceptors (Lipinski definition) is 1. The van der Waals surface area contributed by atoms with Gasteiger partial charge in [0, 0.05) is 17.1 Å². The molecule has 3 heteroatoms. The van der Waals surface area contributed by atoms with Crippen LogP contribution >= 0.6 is 9.58 Å². The van der Waals surface area contributed by atoms with E-state index in [1.807, 2.05) is 6.20 Å². The van der Waals surface area contributed by atoms with Gasteiger partial charge in [-0.1, -0.05) is 48.2 Å². The molecule has 27 heavy (non-hydrogen) atoms. The molecule has 0 amide bonds. The Bertz CT molecular complexity index is 849. The molecule has 0 atom stereocenters. The van der Waals surface area contributed by atoms with Crippen LogP contribution in [0.15, 0.2) is 48.7 Å². The van der Waals surface area contributed by atoms with E-state index in [1.54, 1.807) is 0 Å². The molecule has 0 unspecified atom stereocenters. The van der Waals surface area contributed by atoms with Crippen molar-refractivity contribution in [3.05, 3.63) is 80.2 Å². The molecular weight excluding hydrogens is 530 g/mol. The Morgan fingerprint density at radius 1 is 0.889 bits per heavy atom. The van der Waals surface area contributed by atoms with Crippen LogP contribution < -0.4 is 0 Å². The normalized spacial score (nSPS) is 13.3. The van der Waals surface area contributed by atoms with Crippen LogP contribution in [0, 0.1) is 28.7 Å². The van der Waals surface area contributed by atoms with Gasteiger partial charge in [0.2, 0.25) is 0 Å². The van der Waals surface area contributed by atoms with E-state index in [0.29, 0.717) is 0 Å². The second-order valence-corrected chi connectivity index (χ2v) is 7.00. The number of aryl methyl sites for hydroxylation is 2. The molecule has 0 aliphatic heterocycles. The fourth-order valence-electron chi connectivity index (χ4n) is 4.05. The van der Waals surface area contributed by atoms with E-state index in [9.17, 15) is 0 Å². The Labute approximate surface area is 179 Å². The Kier molecular flexibility index (Phi) is 9.67. The van der Waals surface area contributed by atoms with E-state index in [2.05, 4.69) is 70.9 Å². The first-order valence-corrected chi connectivity index (χ1v) is 11.8. The molecule has 1 aliphatic rings. The maximum absolute atomic E-state index is 4.69. The molecule has 3 aromatic rings. The van der Waals surface area contributed by atoms with Gasteiger partial charge in [-0.25, -0.2) is 0 Å². The summed E-state index contributed by atoms with van der Waals surface area (Å²) >= 11 is 1.47. The molecule has 1 heterocycles. The van der Waals surface area contributed by atoms with Crippen LogP contribution in [0.3, 0.4) is 0 Å². The summed E-state index contributed by atoms with van der Waals surface area (Å²) in [4.78, 5) is 4.69. The summed E-state index contributed by atoms with van der Waals surface area (Å²) in [6.07, 6.45) is 7.41. The maximum atomic E-state index is 4.69. The molecule has 1 nitrogen and oxygen atoms in total. The van der Waals surface area contributed by atoms with Gasteiger partial charge < -0.3 is 14.9 Å². The molecule has 0 radical (unpaired) electrons. The van der Waals surface area contributed by atoms with E-state index in [4.69, 9.17) is 0 Å². The number of pyridine rings is 1. The monoisotopic (exact) mass is 559 g/mol. The zero-order valence-corrected chi connectivity index (χ0v) is 19.8. The standard InChI is InChI=1S/C22H23N.2CH3.ClH.Ir/c1-15-11-16(2)13-20(12-15)22-21-8-7-18(17-5-3-4-6-17)14-19(21)9-10-23-22;;;;/h7-14,17H,3-6H2,1-2H3;2*1H3;1H;/q;2*-1;;+3/p-1. The van der Waals surface area contributed by atoms with Crippen molar-refractivity contribution >= 4 is 20.4 Å². The molecule has 4 rings (SSSR count). The van der Waals surface area contributed by atoms with Crippen LogP contribution in [0.2, 0.25) is 0 Å². The van der Waals surface area contributed by atoms with Crippen LogP contribution in [0.5, 0.6) is 0 Å². The summed E-state index contributed by atoms with van der Waals surface area (Å²) in [7, 11) is 4.64. The van der Waals surface area contributed by atoms with E-state index in [-0.39, 0.29) is 14.9 Å². The fraction of sp³-hybridized carbons (Fsp3) is 0.292. The zero-order valence-electron chi connectivity index (χ0n) is 16.7. The Balaban J connectivity index is 0.000000883. The third kappa shape index (κ3) is 5.41. The Morgan fingerprint density at radius 3 is 2.15 bits per heavy atom.